The molecular formula is C11H18O5. The van der Waals surface area contributed by atoms with Crippen LogP contribution in [0.2, 0.25) is 0 Å². The van der Waals surface area contributed by atoms with Crippen molar-refractivity contribution in [1.29, 1.82) is 0 Å². The van der Waals surface area contributed by atoms with Crippen molar-refractivity contribution in [1.82, 2.24) is 0 Å². The monoisotopic (exact) mass is 230 g/mol. The van der Waals surface area contributed by atoms with Gasteiger partial charge in [0.2, 0.25) is 0 Å². The number of hydrogen-bond acceptors (Lipinski definition) is 5. The third-order valence-electron chi connectivity index (χ3n) is 2.16. The summed E-state index contributed by atoms with van der Waals surface area (Å²) >= 11 is 0. The quantitative estimate of drug-likeness (QED) is 0.484. The lowest BCUT2D eigenvalue weighted by atomic mass is 9.98. The summed E-state index contributed by atoms with van der Waals surface area (Å²) in [7, 11) is 1.24. The second-order valence-electron chi connectivity index (χ2n) is 3.38. The summed E-state index contributed by atoms with van der Waals surface area (Å²) in [6.07, 6.45) is 0.980. The van der Waals surface area contributed by atoms with Crippen molar-refractivity contribution in [3.63, 3.8) is 0 Å². The summed E-state index contributed by atoms with van der Waals surface area (Å²) in [5.41, 5.74) is 0. The van der Waals surface area contributed by atoms with E-state index < -0.39 is 11.9 Å². The molecule has 1 unspecified atom stereocenters. The van der Waals surface area contributed by atoms with Crippen molar-refractivity contribution in [2.24, 2.45) is 5.92 Å². The molecule has 0 aromatic rings. The molecule has 0 fully saturated rings. The highest BCUT2D eigenvalue weighted by Crippen LogP contribution is 2.12. The summed E-state index contributed by atoms with van der Waals surface area (Å²) in [5, 5.41) is 0. The van der Waals surface area contributed by atoms with Crippen LogP contribution in [-0.2, 0) is 23.9 Å². The summed E-state index contributed by atoms with van der Waals surface area (Å²) in [4.78, 5) is 33.3. The van der Waals surface area contributed by atoms with E-state index in [0.29, 0.717) is 19.4 Å². The molecule has 0 radical (unpaired) electrons. The minimum Gasteiger partial charge on any atom is -0.468 e. The van der Waals surface area contributed by atoms with Crippen molar-refractivity contribution >= 4 is 17.7 Å². The smallest absolute Gasteiger partial charge is 0.316 e. The maximum atomic E-state index is 11.2. The average Bonchev–Trinajstić information content (AvgIpc) is 2.23. The zero-order chi connectivity index (χ0) is 12.6. The number of ether oxygens (including phenoxy) is 2. The molecular weight excluding hydrogens is 212 g/mol. The lowest BCUT2D eigenvalue weighted by Gasteiger charge is -2.10. The van der Waals surface area contributed by atoms with E-state index in [1.54, 1.807) is 6.92 Å². The zero-order valence-electron chi connectivity index (χ0n) is 9.95. The van der Waals surface area contributed by atoms with Gasteiger partial charge in [0.05, 0.1) is 13.7 Å². The number of rotatable bonds is 7. The van der Waals surface area contributed by atoms with Crippen LogP contribution < -0.4 is 0 Å². The van der Waals surface area contributed by atoms with Gasteiger partial charge in [0.15, 0.2) is 0 Å². The van der Waals surface area contributed by atoms with E-state index in [2.05, 4.69) is 4.74 Å². The number of Topliss-reactive ketones (excluding diaryl/α,β-unsaturated/α-hetero) is 1. The van der Waals surface area contributed by atoms with Gasteiger partial charge in [-0.15, -0.1) is 0 Å². The summed E-state index contributed by atoms with van der Waals surface area (Å²) in [5.74, 6) is -1.86. The molecule has 0 aromatic heterocycles. The Kier molecular flexibility index (Phi) is 7.16. The van der Waals surface area contributed by atoms with Crippen molar-refractivity contribution in [2.45, 2.75) is 33.1 Å². The number of methoxy groups -OCH3 is 1. The van der Waals surface area contributed by atoms with Gasteiger partial charge in [-0.1, -0.05) is 0 Å². The van der Waals surface area contributed by atoms with Gasteiger partial charge >= 0.3 is 11.9 Å². The van der Waals surface area contributed by atoms with Gasteiger partial charge in [0.25, 0.3) is 0 Å². The fraction of sp³-hybridized carbons (Fsp3) is 0.727. The summed E-state index contributed by atoms with van der Waals surface area (Å²) < 4.78 is 9.23. The highest BCUT2D eigenvalue weighted by Gasteiger charge is 2.23. The van der Waals surface area contributed by atoms with Crippen LogP contribution in [-0.4, -0.2) is 31.4 Å². The summed E-state index contributed by atoms with van der Waals surface area (Å²) in [6.45, 7) is 3.41. The Morgan fingerprint density at radius 2 is 1.88 bits per heavy atom. The Balaban J connectivity index is 3.99. The minimum atomic E-state index is -0.764. The minimum absolute atomic E-state index is 0.217. The Labute approximate surface area is 95.1 Å². The number of carbonyl (C=O) groups excluding carboxylic acids is 3. The molecule has 0 saturated carbocycles. The standard InChI is InChI=1S/C11H18O5/c1-4-16-10(13)7-5-6-9(8(2)12)11(14)15-3/h9H,4-7H2,1-3H3. The van der Waals surface area contributed by atoms with Crippen LogP contribution in [0, 0.1) is 5.92 Å². The van der Waals surface area contributed by atoms with Crippen LogP contribution >= 0.6 is 0 Å². The van der Waals surface area contributed by atoms with Gasteiger partial charge in [-0.25, -0.2) is 0 Å². The predicted octanol–water partition coefficient (Wildman–Crippen LogP) is 1.10. The van der Waals surface area contributed by atoms with Crippen molar-refractivity contribution < 1.29 is 23.9 Å². The van der Waals surface area contributed by atoms with E-state index in [-0.39, 0.29) is 18.2 Å². The van der Waals surface area contributed by atoms with E-state index >= 15 is 0 Å². The number of hydrogen-bond donors (Lipinski definition) is 0. The highest BCUT2D eigenvalue weighted by molar-refractivity contribution is 5.97. The molecule has 0 spiro atoms. The first kappa shape index (κ1) is 14.6. The first-order valence-electron chi connectivity index (χ1n) is 5.26. The van der Waals surface area contributed by atoms with Crippen LogP contribution in [0.25, 0.3) is 0 Å². The number of ketones is 1. The topological polar surface area (TPSA) is 69.7 Å². The van der Waals surface area contributed by atoms with Gasteiger partial charge in [-0.05, 0) is 26.7 Å². The highest BCUT2D eigenvalue weighted by atomic mass is 16.5. The van der Waals surface area contributed by atoms with Gasteiger partial charge in [-0.2, -0.15) is 0 Å². The lowest BCUT2D eigenvalue weighted by molar-refractivity contribution is -0.150. The maximum Gasteiger partial charge on any atom is 0.316 e. The van der Waals surface area contributed by atoms with Gasteiger partial charge in [-0.3, -0.25) is 14.4 Å². The largest absolute Gasteiger partial charge is 0.468 e. The molecule has 0 N–H and O–H groups in total. The maximum absolute atomic E-state index is 11.2. The SMILES string of the molecule is CCOC(=O)CCCC(C(C)=O)C(=O)OC. The predicted molar refractivity (Wildman–Crippen MR) is 56.7 cm³/mol. The zero-order valence-corrected chi connectivity index (χ0v) is 9.95. The third-order valence-corrected chi connectivity index (χ3v) is 2.16. The van der Waals surface area contributed by atoms with Crippen LogP contribution in [0.3, 0.4) is 0 Å². The Hall–Kier alpha value is -1.39. The van der Waals surface area contributed by atoms with Crippen LogP contribution in [0.5, 0.6) is 0 Å². The van der Waals surface area contributed by atoms with E-state index in [0.717, 1.165) is 0 Å². The van der Waals surface area contributed by atoms with Crippen LogP contribution in [0.4, 0.5) is 0 Å². The fourth-order valence-corrected chi connectivity index (χ4v) is 1.31. The molecule has 0 rings (SSSR count). The van der Waals surface area contributed by atoms with E-state index in [1.165, 1.54) is 14.0 Å². The molecule has 0 aliphatic rings. The van der Waals surface area contributed by atoms with Gasteiger partial charge in [0.1, 0.15) is 11.7 Å². The van der Waals surface area contributed by atoms with E-state index in [4.69, 9.17) is 4.74 Å². The van der Waals surface area contributed by atoms with Crippen molar-refractivity contribution in [3.05, 3.63) is 0 Å². The summed E-state index contributed by atoms with van der Waals surface area (Å²) in [6, 6.07) is 0. The van der Waals surface area contributed by atoms with Crippen LogP contribution in [0.15, 0.2) is 0 Å². The second-order valence-corrected chi connectivity index (χ2v) is 3.38. The van der Waals surface area contributed by atoms with Crippen molar-refractivity contribution in [3.8, 4) is 0 Å². The molecule has 0 bridgehead atoms. The number of esters is 2. The molecule has 5 nitrogen and oxygen atoms in total. The lowest BCUT2D eigenvalue weighted by Crippen LogP contribution is -2.23. The molecule has 5 heteroatoms. The average molecular weight is 230 g/mol. The molecule has 16 heavy (non-hydrogen) atoms. The molecule has 92 valence electrons. The first-order chi connectivity index (χ1) is 7.52. The molecule has 0 saturated heterocycles. The van der Waals surface area contributed by atoms with E-state index in [1.807, 2.05) is 0 Å². The Morgan fingerprint density at radius 1 is 1.25 bits per heavy atom. The molecule has 0 heterocycles. The normalized spacial score (nSPS) is 11.7. The van der Waals surface area contributed by atoms with Gasteiger partial charge in [0, 0.05) is 6.42 Å². The van der Waals surface area contributed by atoms with Crippen molar-refractivity contribution in [2.75, 3.05) is 13.7 Å². The molecule has 0 amide bonds. The fourth-order valence-electron chi connectivity index (χ4n) is 1.31. The molecule has 0 aliphatic heterocycles. The second kappa shape index (κ2) is 7.84. The molecule has 0 aliphatic carbocycles. The Morgan fingerprint density at radius 3 is 2.31 bits per heavy atom. The number of carbonyl (C=O) groups is 3. The Bertz CT molecular complexity index is 259. The van der Waals surface area contributed by atoms with Crippen LogP contribution in [0.1, 0.15) is 33.1 Å². The van der Waals surface area contributed by atoms with Gasteiger partial charge < -0.3 is 9.47 Å². The molecule has 0 aromatic carbocycles. The first-order valence-corrected chi connectivity index (χ1v) is 5.26. The molecule has 1 atom stereocenters. The van der Waals surface area contributed by atoms with E-state index in [9.17, 15) is 14.4 Å². The third kappa shape index (κ3) is 5.48.